The van der Waals surface area contributed by atoms with Crippen LogP contribution in [-0.4, -0.2) is 36.9 Å². The zero-order valence-corrected chi connectivity index (χ0v) is 11.6. The van der Waals surface area contributed by atoms with Gasteiger partial charge in [0.1, 0.15) is 5.82 Å². The standard InChI is InChI=1S/C13H15N7O/c1-2-11-18-20-13(21-11)15-7-5-10-16-12(19-17-10)9-4-3-6-14-8-9/h3-4,6,8H,2,5,7H2,1H3,(H,15,20)(H,16,17,19). The number of aryl methyl sites for hydroxylation is 1. The minimum absolute atomic E-state index is 0.429. The minimum atomic E-state index is 0.429. The Balaban J connectivity index is 1.55. The molecule has 0 fully saturated rings. The van der Waals surface area contributed by atoms with Crippen LogP contribution < -0.4 is 5.32 Å². The average molecular weight is 285 g/mol. The maximum atomic E-state index is 5.36. The van der Waals surface area contributed by atoms with Gasteiger partial charge in [-0.05, 0) is 12.1 Å². The molecule has 0 aromatic carbocycles. The van der Waals surface area contributed by atoms with E-state index in [1.165, 1.54) is 0 Å². The van der Waals surface area contributed by atoms with Crippen LogP contribution in [0, 0.1) is 0 Å². The highest BCUT2D eigenvalue weighted by Gasteiger charge is 2.07. The molecule has 2 N–H and O–H groups in total. The third-order valence-corrected chi connectivity index (χ3v) is 2.86. The van der Waals surface area contributed by atoms with E-state index in [2.05, 4.69) is 35.7 Å². The SMILES string of the molecule is CCc1nnc(NCCc2nc(-c3cccnc3)n[nH]2)o1. The summed E-state index contributed by atoms with van der Waals surface area (Å²) in [5, 5.41) is 17.9. The second-order valence-corrected chi connectivity index (χ2v) is 4.38. The van der Waals surface area contributed by atoms with Crippen molar-refractivity contribution >= 4 is 6.01 Å². The second kappa shape index (κ2) is 6.12. The van der Waals surface area contributed by atoms with Crippen LogP contribution in [0.15, 0.2) is 28.9 Å². The quantitative estimate of drug-likeness (QED) is 0.706. The predicted molar refractivity (Wildman–Crippen MR) is 75.5 cm³/mol. The topological polar surface area (TPSA) is 105 Å². The molecule has 8 heteroatoms. The number of rotatable bonds is 6. The fourth-order valence-corrected chi connectivity index (χ4v) is 1.79. The van der Waals surface area contributed by atoms with E-state index >= 15 is 0 Å². The maximum Gasteiger partial charge on any atom is 0.315 e. The largest absolute Gasteiger partial charge is 0.408 e. The Bertz CT molecular complexity index is 691. The lowest BCUT2D eigenvalue weighted by molar-refractivity contribution is 0.511. The van der Waals surface area contributed by atoms with E-state index in [4.69, 9.17) is 4.42 Å². The molecule has 8 nitrogen and oxygen atoms in total. The van der Waals surface area contributed by atoms with Crippen molar-refractivity contribution in [3.63, 3.8) is 0 Å². The number of H-pyrrole nitrogens is 1. The van der Waals surface area contributed by atoms with Gasteiger partial charge in [-0.1, -0.05) is 12.0 Å². The van der Waals surface area contributed by atoms with Crippen molar-refractivity contribution in [2.24, 2.45) is 0 Å². The van der Waals surface area contributed by atoms with Crippen LogP contribution >= 0.6 is 0 Å². The van der Waals surface area contributed by atoms with Crippen molar-refractivity contribution in [3.8, 4) is 11.4 Å². The van der Waals surface area contributed by atoms with Gasteiger partial charge in [0.2, 0.25) is 5.89 Å². The summed E-state index contributed by atoms with van der Waals surface area (Å²) in [6.07, 6.45) is 4.86. The van der Waals surface area contributed by atoms with E-state index in [1.54, 1.807) is 12.4 Å². The van der Waals surface area contributed by atoms with Crippen LogP contribution in [0.25, 0.3) is 11.4 Å². The Morgan fingerprint density at radius 2 is 2.29 bits per heavy atom. The molecule has 0 aliphatic heterocycles. The second-order valence-electron chi connectivity index (χ2n) is 4.38. The van der Waals surface area contributed by atoms with Gasteiger partial charge in [-0.25, -0.2) is 4.98 Å². The number of aromatic amines is 1. The molecule has 0 bridgehead atoms. The van der Waals surface area contributed by atoms with Gasteiger partial charge in [0.25, 0.3) is 0 Å². The summed E-state index contributed by atoms with van der Waals surface area (Å²) >= 11 is 0. The third-order valence-electron chi connectivity index (χ3n) is 2.86. The molecule has 3 heterocycles. The van der Waals surface area contributed by atoms with E-state index in [9.17, 15) is 0 Å². The number of hydrogen-bond donors (Lipinski definition) is 2. The van der Waals surface area contributed by atoms with E-state index in [0.717, 1.165) is 17.8 Å². The summed E-state index contributed by atoms with van der Waals surface area (Å²) in [4.78, 5) is 8.47. The van der Waals surface area contributed by atoms with Crippen LogP contribution in [0.4, 0.5) is 6.01 Å². The molecule has 0 aliphatic carbocycles. The molecule has 0 atom stereocenters. The van der Waals surface area contributed by atoms with Crippen LogP contribution in [0.3, 0.4) is 0 Å². The number of anilines is 1. The minimum Gasteiger partial charge on any atom is -0.408 e. The number of hydrogen-bond acceptors (Lipinski definition) is 7. The molecule has 3 aromatic heterocycles. The van der Waals surface area contributed by atoms with Crippen LogP contribution in [-0.2, 0) is 12.8 Å². The number of aromatic nitrogens is 6. The van der Waals surface area contributed by atoms with Gasteiger partial charge in [-0.3, -0.25) is 10.1 Å². The Labute approximate surface area is 121 Å². The number of nitrogens with one attached hydrogen (secondary N) is 2. The molecule has 0 saturated heterocycles. The van der Waals surface area contributed by atoms with Crippen molar-refractivity contribution in [1.82, 2.24) is 30.4 Å². The molecule has 0 radical (unpaired) electrons. The molecule has 0 amide bonds. The molecule has 0 aliphatic rings. The first-order valence-electron chi connectivity index (χ1n) is 6.73. The molecule has 0 unspecified atom stereocenters. The lowest BCUT2D eigenvalue weighted by Gasteiger charge is -1.97. The molecule has 108 valence electrons. The highest BCUT2D eigenvalue weighted by molar-refractivity contribution is 5.52. The van der Waals surface area contributed by atoms with E-state index < -0.39 is 0 Å². The lowest BCUT2D eigenvalue weighted by atomic mass is 10.3. The molecular formula is C13H15N7O. The van der Waals surface area contributed by atoms with Crippen LogP contribution in [0.5, 0.6) is 0 Å². The van der Waals surface area contributed by atoms with Gasteiger partial charge < -0.3 is 9.73 Å². The van der Waals surface area contributed by atoms with Gasteiger partial charge in [-0.15, -0.1) is 5.10 Å². The van der Waals surface area contributed by atoms with Crippen molar-refractivity contribution in [2.45, 2.75) is 19.8 Å². The monoisotopic (exact) mass is 285 g/mol. The van der Waals surface area contributed by atoms with Crippen molar-refractivity contribution in [1.29, 1.82) is 0 Å². The van der Waals surface area contributed by atoms with Crippen molar-refractivity contribution in [2.75, 3.05) is 11.9 Å². The molecule has 0 spiro atoms. The van der Waals surface area contributed by atoms with Crippen LogP contribution in [0.1, 0.15) is 18.6 Å². The summed E-state index contributed by atoms with van der Waals surface area (Å²) in [5.41, 5.74) is 0.887. The van der Waals surface area contributed by atoms with E-state index in [-0.39, 0.29) is 0 Å². The summed E-state index contributed by atoms with van der Waals surface area (Å²) in [6.45, 7) is 2.60. The third kappa shape index (κ3) is 3.22. The van der Waals surface area contributed by atoms with Gasteiger partial charge in [-0.2, -0.15) is 5.10 Å². The summed E-state index contributed by atoms with van der Waals surface area (Å²) < 4.78 is 5.36. The number of nitrogens with zero attached hydrogens (tertiary/aromatic N) is 5. The normalized spacial score (nSPS) is 10.7. The zero-order chi connectivity index (χ0) is 14.5. The smallest absolute Gasteiger partial charge is 0.315 e. The highest BCUT2D eigenvalue weighted by atomic mass is 16.4. The first kappa shape index (κ1) is 13.2. The Hall–Kier alpha value is -2.77. The molecule has 3 rings (SSSR count). The Morgan fingerprint density at radius 1 is 1.33 bits per heavy atom. The zero-order valence-electron chi connectivity index (χ0n) is 11.6. The predicted octanol–water partition coefficient (Wildman–Crippen LogP) is 1.47. The molecule has 0 saturated carbocycles. The molecular weight excluding hydrogens is 270 g/mol. The van der Waals surface area contributed by atoms with E-state index in [0.29, 0.717) is 30.7 Å². The Kier molecular flexibility index (Phi) is 3.85. The van der Waals surface area contributed by atoms with Crippen molar-refractivity contribution < 1.29 is 4.42 Å². The van der Waals surface area contributed by atoms with E-state index in [1.807, 2.05) is 19.1 Å². The molecule has 3 aromatic rings. The van der Waals surface area contributed by atoms with Crippen molar-refractivity contribution in [3.05, 3.63) is 36.2 Å². The fourth-order valence-electron chi connectivity index (χ4n) is 1.79. The first-order valence-corrected chi connectivity index (χ1v) is 6.73. The van der Waals surface area contributed by atoms with Gasteiger partial charge >= 0.3 is 6.01 Å². The fraction of sp³-hybridized carbons (Fsp3) is 0.308. The maximum absolute atomic E-state index is 5.36. The van der Waals surface area contributed by atoms with Gasteiger partial charge in [0.15, 0.2) is 5.82 Å². The Morgan fingerprint density at radius 3 is 3.05 bits per heavy atom. The highest BCUT2D eigenvalue weighted by Crippen LogP contribution is 2.12. The summed E-state index contributed by atoms with van der Waals surface area (Å²) in [5.74, 6) is 2.05. The molecule has 21 heavy (non-hydrogen) atoms. The summed E-state index contributed by atoms with van der Waals surface area (Å²) in [6, 6.07) is 4.20. The lowest BCUT2D eigenvalue weighted by Crippen LogP contribution is -2.06. The number of pyridine rings is 1. The van der Waals surface area contributed by atoms with Crippen LogP contribution in [0.2, 0.25) is 0 Å². The average Bonchev–Trinajstić information content (AvgIpc) is 3.17. The van der Waals surface area contributed by atoms with Gasteiger partial charge in [0.05, 0.1) is 0 Å². The van der Waals surface area contributed by atoms with Gasteiger partial charge in [0, 0.05) is 37.3 Å². The first-order chi connectivity index (χ1) is 10.3. The summed E-state index contributed by atoms with van der Waals surface area (Å²) in [7, 11) is 0.